The normalized spacial score (nSPS) is 13.8. The van der Waals surface area contributed by atoms with E-state index in [4.69, 9.17) is 0 Å². The van der Waals surface area contributed by atoms with Crippen LogP contribution in [0, 0.1) is 0 Å². The summed E-state index contributed by atoms with van der Waals surface area (Å²) in [5, 5.41) is 2.43. The minimum Gasteiger partial charge on any atom is -0.325 e. The molecule has 1 N–H and O–H groups in total. The number of carbonyl (C=O) groups excluding carboxylic acids is 1. The fourth-order valence-electron chi connectivity index (χ4n) is 4.06. The largest absolute Gasteiger partial charge is 0.416 e. The maximum absolute atomic E-state index is 13.1. The molecule has 0 bridgehead atoms. The Morgan fingerprint density at radius 2 is 1.70 bits per heavy atom. The van der Waals surface area contributed by atoms with E-state index in [1.165, 1.54) is 0 Å². The summed E-state index contributed by atoms with van der Waals surface area (Å²) in [6.45, 7) is 0.282. The third-order valence-electron chi connectivity index (χ3n) is 5.73. The fraction of sp³-hybridized carbons (Fsp3) is 0.333. The minimum atomic E-state index is -5.03. The maximum Gasteiger partial charge on any atom is 0.416 e. The first-order valence-electron chi connectivity index (χ1n) is 11.2. The summed E-state index contributed by atoms with van der Waals surface area (Å²) < 4.78 is 80.1. The molecule has 4 rings (SSSR count). The molecule has 1 aliphatic rings. The van der Waals surface area contributed by atoms with Crippen molar-refractivity contribution in [3.63, 3.8) is 0 Å². The number of aromatic nitrogens is 3. The summed E-state index contributed by atoms with van der Waals surface area (Å²) in [5.74, 6) is -1.19. The summed E-state index contributed by atoms with van der Waals surface area (Å²) in [6.07, 6.45) is -3.81. The van der Waals surface area contributed by atoms with Gasteiger partial charge in [0.1, 0.15) is 5.03 Å². The van der Waals surface area contributed by atoms with Gasteiger partial charge < -0.3 is 5.32 Å². The lowest BCUT2D eigenvalue weighted by Crippen LogP contribution is -2.30. The van der Waals surface area contributed by atoms with Gasteiger partial charge in [-0.15, -0.1) is 0 Å². The Kier molecular flexibility index (Phi) is 7.62. The lowest BCUT2D eigenvalue weighted by atomic mass is 9.97. The number of hydrogen-bond acceptors (Lipinski definition) is 5. The zero-order chi connectivity index (χ0) is 26.8. The average molecular weight is 543 g/mol. The van der Waals surface area contributed by atoms with Crippen molar-refractivity contribution >= 4 is 23.4 Å². The van der Waals surface area contributed by atoms with Gasteiger partial charge in [0, 0.05) is 29.3 Å². The maximum atomic E-state index is 13.1. The molecule has 0 fully saturated rings. The smallest absolute Gasteiger partial charge is 0.325 e. The molecule has 37 heavy (non-hydrogen) atoms. The molecule has 0 unspecified atom stereocenters. The zero-order valence-electron chi connectivity index (χ0n) is 19.1. The van der Waals surface area contributed by atoms with Crippen LogP contribution >= 0.6 is 11.8 Å². The number of fused-ring (bicyclic) bond motifs is 1. The Morgan fingerprint density at radius 3 is 2.32 bits per heavy atom. The van der Waals surface area contributed by atoms with Gasteiger partial charge in [-0.1, -0.05) is 17.8 Å². The van der Waals surface area contributed by atoms with Crippen molar-refractivity contribution in [2.45, 2.75) is 49.6 Å². The number of carbonyl (C=O) groups is 1. The predicted molar refractivity (Wildman–Crippen MR) is 124 cm³/mol. The summed E-state index contributed by atoms with van der Waals surface area (Å²) in [4.78, 5) is 33.5. The Hall–Kier alpha value is -3.35. The molecular formula is C24H20F6N4O2S. The van der Waals surface area contributed by atoms with Crippen molar-refractivity contribution < 1.29 is 31.1 Å². The molecule has 6 nitrogen and oxygen atoms in total. The topological polar surface area (TPSA) is 76.9 Å². The first kappa shape index (κ1) is 26.7. The first-order valence-corrected chi connectivity index (χ1v) is 12.1. The molecule has 13 heteroatoms. The highest BCUT2D eigenvalue weighted by atomic mass is 32.2. The summed E-state index contributed by atoms with van der Waals surface area (Å²) in [7, 11) is 0. The molecule has 1 aromatic carbocycles. The van der Waals surface area contributed by atoms with Crippen LogP contribution in [0.15, 0.2) is 52.5 Å². The van der Waals surface area contributed by atoms with E-state index in [0.29, 0.717) is 30.0 Å². The number of benzene rings is 1. The second-order valence-corrected chi connectivity index (χ2v) is 9.37. The molecule has 3 aromatic rings. The van der Waals surface area contributed by atoms with Crippen LogP contribution in [0.4, 0.5) is 32.0 Å². The fourth-order valence-corrected chi connectivity index (χ4v) is 4.94. The van der Waals surface area contributed by atoms with Crippen LogP contribution in [0.25, 0.3) is 0 Å². The molecular weight excluding hydrogens is 522 g/mol. The standard InChI is InChI=1S/C24H20F6N4O2S/c25-23(26,27)15-8-16(24(28,29)30)10-17(9-15)32-20(35)13-37-21-18-5-1-2-6-19(18)34(22(36)33-21)12-14-4-3-7-31-11-14/h3-4,7-11H,1-2,5-6,12-13H2,(H,32,35). The van der Waals surface area contributed by atoms with E-state index >= 15 is 0 Å². The molecule has 2 heterocycles. The van der Waals surface area contributed by atoms with Crippen LogP contribution in [-0.4, -0.2) is 26.2 Å². The number of pyridine rings is 1. The number of halogens is 6. The molecule has 0 spiro atoms. The summed E-state index contributed by atoms with van der Waals surface area (Å²) in [5.41, 5.74) is -1.78. The average Bonchev–Trinajstić information content (AvgIpc) is 2.84. The Balaban J connectivity index is 1.54. The molecule has 196 valence electrons. The number of hydrogen-bond donors (Lipinski definition) is 1. The first-order chi connectivity index (χ1) is 17.4. The van der Waals surface area contributed by atoms with E-state index in [2.05, 4.69) is 15.3 Å². The van der Waals surface area contributed by atoms with Crippen LogP contribution in [-0.2, 0) is 36.5 Å². The molecule has 1 aliphatic carbocycles. The van der Waals surface area contributed by atoms with Crippen molar-refractivity contribution in [3.8, 4) is 0 Å². The summed E-state index contributed by atoms with van der Waals surface area (Å²) >= 11 is 0.918. The Labute approximate surface area is 211 Å². The van der Waals surface area contributed by atoms with E-state index in [9.17, 15) is 35.9 Å². The molecule has 0 radical (unpaired) electrons. The number of nitrogens with zero attached hydrogens (tertiary/aromatic N) is 3. The van der Waals surface area contributed by atoms with Gasteiger partial charge in [0.05, 0.1) is 23.4 Å². The molecule has 0 saturated heterocycles. The van der Waals surface area contributed by atoms with E-state index in [-0.39, 0.29) is 18.4 Å². The van der Waals surface area contributed by atoms with Crippen LogP contribution < -0.4 is 11.0 Å². The number of nitrogens with one attached hydrogen (secondary N) is 1. The van der Waals surface area contributed by atoms with Crippen LogP contribution in [0.5, 0.6) is 0 Å². The van der Waals surface area contributed by atoms with E-state index in [0.717, 1.165) is 41.4 Å². The lowest BCUT2D eigenvalue weighted by Gasteiger charge is -2.22. The highest BCUT2D eigenvalue weighted by Crippen LogP contribution is 2.37. The van der Waals surface area contributed by atoms with Crippen molar-refractivity contribution in [1.29, 1.82) is 0 Å². The van der Waals surface area contributed by atoms with Gasteiger partial charge in [0.15, 0.2) is 0 Å². The molecule has 2 aromatic heterocycles. The van der Waals surface area contributed by atoms with Crippen molar-refractivity contribution in [1.82, 2.24) is 14.5 Å². The third kappa shape index (κ3) is 6.51. The van der Waals surface area contributed by atoms with Gasteiger partial charge in [0.25, 0.3) is 0 Å². The molecule has 1 amide bonds. The molecule has 0 atom stereocenters. The lowest BCUT2D eigenvalue weighted by molar-refractivity contribution is -0.143. The zero-order valence-corrected chi connectivity index (χ0v) is 19.9. The van der Waals surface area contributed by atoms with Crippen LogP contribution in [0.2, 0.25) is 0 Å². The van der Waals surface area contributed by atoms with Gasteiger partial charge in [-0.2, -0.15) is 31.3 Å². The number of rotatable bonds is 6. The van der Waals surface area contributed by atoms with E-state index < -0.39 is 40.8 Å². The highest BCUT2D eigenvalue weighted by molar-refractivity contribution is 8.00. The Morgan fingerprint density at radius 1 is 1.03 bits per heavy atom. The van der Waals surface area contributed by atoms with Gasteiger partial charge in [0.2, 0.25) is 5.91 Å². The SMILES string of the molecule is O=C(CSc1nc(=O)n(Cc2cccnc2)c2c1CCCC2)Nc1cc(C(F)(F)F)cc(C(F)(F)F)c1. The number of thioether (sulfide) groups is 1. The van der Waals surface area contributed by atoms with Gasteiger partial charge in [-0.25, -0.2) is 4.79 Å². The van der Waals surface area contributed by atoms with Gasteiger partial charge in [-0.3, -0.25) is 14.3 Å². The second kappa shape index (κ2) is 10.6. The molecule has 0 saturated carbocycles. The monoisotopic (exact) mass is 542 g/mol. The van der Waals surface area contributed by atoms with Crippen molar-refractivity contribution in [2.75, 3.05) is 11.1 Å². The predicted octanol–water partition coefficient (Wildman–Crippen LogP) is 5.33. The van der Waals surface area contributed by atoms with Crippen molar-refractivity contribution in [2.24, 2.45) is 0 Å². The Bertz CT molecular complexity index is 1320. The van der Waals surface area contributed by atoms with E-state index in [1.807, 2.05) is 6.07 Å². The summed E-state index contributed by atoms with van der Waals surface area (Å²) in [6, 6.07) is 4.46. The quantitative estimate of drug-likeness (QED) is 0.259. The van der Waals surface area contributed by atoms with Gasteiger partial charge in [-0.05, 0) is 55.5 Å². The minimum absolute atomic E-state index is 0.0128. The molecule has 0 aliphatic heterocycles. The number of amides is 1. The second-order valence-electron chi connectivity index (χ2n) is 8.41. The highest BCUT2D eigenvalue weighted by Gasteiger charge is 2.37. The third-order valence-corrected chi connectivity index (χ3v) is 6.74. The van der Waals surface area contributed by atoms with Crippen LogP contribution in [0.3, 0.4) is 0 Å². The van der Waals surface area contributed by atoms with Crippen molar-refractivity contribution in [3.05, 3.63) is 81.2 Å². The van der Waals surface area contributed by atoms with Crippen LogP contribution in [0.1, 0.15) is 40.8 Å². The number of anilines is 1. The number of alkyl halides is 6. The van der Waals surface area contributed by atoms with E-state index in [1.54, 1.807) is 23.0 Å². The van der Waals surface area contributed by atoms with Gasteiger partial charge >= 0.3 is 18.0 Å².